The van der Waals surface area contributed by atoms with Gasteiger partial charge in [0.15, 0.2) is 0 Å². The van der Waals surface area contributed by atoms with Crippen molar-refractivity contribution in [3.8, 4) is 0 Å². The summed E-state index contributed by atoms with van der Waals surface area (Å²) in [5.41, 5.74) is 6.83. The summed E-state index contributed by atoms with van der Waals surface area (Å²) >= 11 is 0. The van der Waals surface area contributed by atoms with Gasteiger partial charge < -0.3 is 16.0 Å². The fourth-order valence-corrected chi connectivity index (χ4v) is 2.76. The van der Waals surface area contributed by atoms with E-state index in [0.717, 1.165) is 24.6 Å². The summed E-state index contributed by atoms with van der Waals surface area (Å²) in [6, 6.07) is 3.29. The monoisotopic (exact) mass is 233 g/mol. The highest BCUT2D eigenvalue weighted by atomic mass is 15.3. The molecule has 1 aromatic rings. The maximum Gasteiger partial charge on any atom is 0.222 e. The maximum atomic E-state index is 5.80. The van der Waals surface area contributed by atoms with Crippen LogP contribution in [0.4, 0.5) is 11.8 Å². The number of fused-ring (bicyclic) bond motifs is 2. The van der Waals surface area contributed by atoms with Crippen LogP contribution in [0.15, 0.2) is 6.07 Å². The van der Waals surface area contributed by atoms with E-state index in [2.05, 4.69) is 40.1 Å². The molecule has 0 aromatic carbocycles. The molecule has 2 fully saturated rings. The first-order chi connectivity index (χ1) is 8.13. The summed E-state index contributed by atoms with van der Waals surface area (Å²) in [7, 11) is 0. The zero-order valence-electron chi connectivity index (χ0n) is 10.3. The summed E-state index contributed by atoms with van der Waals surface area (Å²) < 4.78 is 0. The Morgan fingerprint density at radius 1 is 1.47 bits per heavy atom. The zero-order chi connectivity index (χ0) is 12.0. The largest absolute Gasteiger partial charge is 0.368 e. The molecule has 0 spiro atoms. The van der Waals surface area contributed by atoms with Crippen molar-refractivity contribution in [2.45, 2.75) is 38.3 Å². The lowest BCUT2D eigenvalue weighted by molar-refractivity contribution is 0.575. The molecule has 3 rings (SSSR count). The van der Waals surface area contributed by atoms with Crippen LogP contribution in [0.3, 0.4) is 0 Å². The predicted octanol–water partition coefficient (Wildman–Crippen LogP) is 0.733. The number of hydrogen-bond donors (Lipinski definition) is 2. The van der Waals surface area contributed by atoms with Crippen molar-refractivity contribution in [2.24, 2.45) is 0 Å². The molecule has 2 aliphatic heterocycles. The molecule has 17 heavy (non-hydrogen) atoms. The second kappa shape index (κ2) is 3.84. The number of aromatic nitrogens is 2. The van der Waals surface area contributed by atoms with Crippen LogP contribution in [0.5, 0.6) is 0 Å². The molecule has 0 radical (unpaired) electrons. The van der Waals surface area contributed by atoms with Crippen LogP contribution in [0, 0.1) is 0 Å². The Balaban J connectivity index is 1.92. The molecule has 2 aliphatic rings. The van der Waals surface area contributed by atoms with Gasteiger partial charge in [0, 0.05) is 31.2 Å². The van der Waals surface area contributed by atoms with Gasteiger partial charge in [-0.05, 0) is 12.3 Å². The van der Waals surface area contributed by atoms with E-state index in [4.69, 9.17) is 5.73 Å². The number of nitrogens with zero attached hydrogens (tertiary/aromatic N) is 3. The molecular formula is C12H19N5. The first-order valence-corrected chi connectivity index (χ1v) is 6.28. The number of nitrogens with two attached hydrogens (primary N) is 1. The lowest BCUT2D eigenvalue weighted by Gasteiger charge is -2.29. The topological polar surface area (TPSA) is 67.1 Å². The quantitative estimate of drug-likeness (QED) is 0.788. The highest BCUT2D eigenvalue weighted by Gasteiger charge is 2.38. The van der Waals surface area contributed by atoms with E-state index in [-0.39, 0.29) is 0 Å². The van der Waals surface area contributed by atoms with Gasteiger partial charge in [-0.2, -0.15) is 4.98 Å². The lowest BCUT2D eigenvalue weighted by atomic mass is 10.1. The van der Waals surface area contributed by atoms with Crippen molar-refractivity contribution < 1.29 is 0 Å². The first-order valence-electron chi connectivity index (χ1n) is 6.28. The van der Waals surface area contributed by atoms with Gasteiger partial charge in [-0.25, -0.2) is 4.98 Å². The molecule has 0 saturated carbocycles. The predicted molar refractivity (Wildman–Crippen MR) is 68.1 cm³/mol. The molecule has 0 unspecified atom stereocenters. The van der Waals surface area contributed by atoms with Gasteiger partial charge in [-0.1, -0.05) is 13.8 Å². The van der Waals surface area contributed by atoms with Crippen LogP contribution < -0.4 is 16.0 Å². The fourth-order valence-electron chi connectivity index (χ4n) is 2.76. The average molecular weight is 233 g/mol. The van der Waals surface area contributed by atoms with Crippen molar-refractivity contribution >= 4 is 11.8 Å². The van der Waals surface area contributed by atoms with Crippen molar-refractivity contribution in [3.63, 3.8) is 0 Å². The van der Waals surface area contributed by atoms with Crippen molar-refractivity contribution in [1.29, 1.82) is 0 Å². The van der Waals surface area contributed by atoms with Gasteiger partial charge in [0.25, 0.3) is 0 Å². The third-order valence-corrected chi connectivity index (χ3v) is 3.69. The van der Waals surface area contributed by atoms with Gasteiger partial charge in [-0.3, -0.25) is 0 Å². The molecule has 0 aliphatic carbocycles. The van der Waals surface area contributed by atoms with Crippen molar-refractivity contribution in [2.75, 3.05) is 23.7 Å². The summed E-state index contributed by atoms with van der Waals surface area (Å²) in [4.78, 5) is 11.0. The van der Waals surface area contributed by atoms with Gasteiger partial charge in [0.1, 0.15) is 5.82 Å². The zero-order valence-corrected chi connectivity index (χ0v) is 10.3. The van der Waals surface area contributed by atoms with Crippen LogP contribution in [0.1, 0.15) is 31.9 Å². The average Bonchev–Trinajstić information content (AvgIpc) is 2.89. The Morgan fingerprint density at radius 3 is 2.88 bits per heavy atom. The van der Waals surface area contributed by atoms with Crippen LogP contribution in [-0.2, 0) is 0 Å². The molecule has 5 nitrogen and oxygen atoms in total. The molecule has 1 aromatic heterocycles. The Bertz CT molecular complexity index is 431. The minimum absolute atomic E-state index is 0.386. The van der Waals surface area contributed by atoms with E-state index >= 15 is 0 Å². The fraction of sp³-hybridized carbons (Fsp3) is 0.667. The minimum atomic E-state index is 0.386. The smallest absolute Gasteiger partial charge is 0.222 e. The van der Waals surface area contributed by atoms with E-state index in [1.54, 1.807) is 0 Å². The molecule has 3 N–H and O–H groups in total. The van der Waals surface area contributed by atoms with Gasteiger partial charge >= 0.3 is 0 Å². The summed E-state index contributed by atoms with van der Waals surface area (Å²) in [5, 5.41) is 3.49. The Morgan fingerprint density at radius 2 is 2.29 bits per heavy atom. The maximum absolute atomic E-state index is 5.80. The third-order valence-electron chi connectivity index (χ3n) is 3.69. The van der Waals surface area contributed by atoms with Crippen LogP contribution in [0.2, 0.25) is 0 Å². The SMILES string of the molecule is CC(C)c1cc(N2C[C@@H]3C[C@@H]2CN3)nc(N)n1. The molecular weight excluding hydrogens is 214 g/mol. The van der Waals surface area contributed by atoms with Crippen molar-refractivity contribution in [1.82, 2.24) is 15.3 Å². The summed E-state index contributed by atoms with van der Waals surface area (Å²) in [6.45, 7) is 6.36. The summed E-state index contributed by atoms with van der Waals surface area (Å²) in [5.74, 6) is 1.77. The molecule has 3 heterocycles. The van der Waals surface area contributed by atoms with E-state index < -0.39 is 0 Å². The molecule has 2 atom stereocenters. The molecule has 2 bridgehead atoms. The second-order valence-electron chi connectivity index (χ2n) is 5.31. The van der Waals surface area contributed by atoms with Gasteiger partial charge in [-0.15, -0.1) is 0 Å². The second-order valence-corrected chi connectivity index (χ2v) is 5.31. The molecule has 0 amide bonds. The Kier molecular flexibility index (Phi) is 2.43. The van der Waals surface area contributed by atoms with E-state index in [0.29, 0.717) is 23.9 Å². The van der Waals surface area contributed by atoms with E-state index in [9.17, 15) is 0 Å². The van der Waals surface area contributed by atoms with Crippen molar-refractivity contribution in [3.05, 3.63) is 11.8 Å². The third kappa shape index (κ3) is 1.84. The standard InChI is InChI=1S/C12H19N5/c1-7(2)10-4-11(16-12(13)15-10)17-6-8-3-9(17)5-14-8/h4,7-9,14H,3,5-6H2,1-2H3,(H2,13,15,16)/t8-,9+/m0/s1. The molecule has 92 valence electrons. The number of piperazine rings is 1. The number of hydrogen-bond acceptors (Lipinski definition) is 5. The number of nitrogen functional groups attached to an aromatic ring is 1. The molecule has 2 saturated heterocycles. The minimum Gasteiger partial charge on any atom is -0.368 e. The molecule has 5 heteroatoms. The number of rotatable bonds is 2. The van der Waals surface area contributed by atoms with Crippen LogP contribution >= 0.6 is 0 Å². The van der Waals surface area contributed by atoms with Crippen LogP contribution in [0.25, 0.3) is 0 Å². The summed E-state index contributed by atoms with van der Waals surface area (Å²) in [6.07, 6.45) is 1.22. The van der Waals surface area contributed by atoms with Crippen LogP contribution in [-0.4, -0.2) is 35.1 Å². The number of anilines is 2. The van der Waals surface area contributed by atoms with E-state index in [1.165, 1.54) is 6.42 Å². The highest BCUT2D eigenvalue weighted by molar-refractivity contribution is 5.47. The Labute approximate surface area is 101 Å². The number of nitrogens with one attached hydrogen (secondary N) is 1. The Hall–Kier alpha value is -1.36. The lowest BCUT2D eigenvalue weighted by Crippen LogP contribution is -2.44. The van der Waals surface area contributed by atoms with Gasteiger partial charge in [0.2, 0.25) is 5.95 Å². The van der Waals surface area contributed by atoms with E-state index in [1.807, 2.05) is 0 Å². The van der Waals surface area contributed by atoms with Gasteiger partial charge in [0.05, 0.1) is 5.69 Å². The highest BCUT2D eigenvalue weighted by Crippen LogP contribution is 2.29. The normalized spacial score (nSPS) is 27.1. The first kappa shape index (κ1) is 10.8.